The van der Waals surface area contributed by atoms with E-state index in [2.05, 4.69) is 26.4 Å². The fourth-order valence-corrected chi connectivity index (χ4v) is 1.64. The maximum atomic E-state index is 11.6. The summed E-state index contributed by atoms with van der Waals surface area (Å²) in [4.78, 5) is 11.6. The van der Waals surface area contributed by atoms with Gasteiger partial charge in [0.1, 0.15) is 6.61 Å². The van der Waals surface area contributed by atoms with Gasteiger partial charge in [-0.3, -0.25) is 4.79 Å². The zero-order valence-electron chi connectivity index (χ0n) is 9.81. The standard InChI is InChI=1S/C11H14BrN3O3/c1-2-18-6-10(16)14-9-5-7(12)3-4-8(9)11(13)15-17/h3-5,17H,2,6H2,1H3,(H2,13,15)(H,14,16). The van der Waals surface area contributed by atoms with Gasteiger partial charge in [-0.1, -0.05) is 21.1 Å². The fraction of sp³-hybridized carbons (Fsp3) is 0.273. The van der Waals surface area contributed by atoms with Gasteiger partial charge < -0.3 is 21.0 Å². The first-order valence-electron chi connectivity index (χ1n) is 5.23. The first-order chi connectivity index (χ1) is 8.58. The first-order valence-corrected chi connectivity index (χ1v) is 6.02. The molecule has 0 saturated carbocycles. The van der Waals surface area contributed by atoms with E-state index in [1.165, 1.54) is 0 Å². The van der Waals surface area contributed by atoms with Crippen molar-refractivity contribution in [2.45, 2.75) is 6.92 Å². The van der Waals surface area contributed by atoms with Crippen LogP contribution < -0.4 is 11.1 Å². The number of amides is 1. The maximum absolute atomic E-state index is 11.6. The summed E-state index contributed by atoms with van der Waals surface area (Å²) >= 11 is 3.28. The monoisotopic (exact) mass is 315 g/mol. The van der Waals surface area contributed by atoms with Crippen LogP contribution in [0, 0.1) is 0 Å². The second kappa shape index (κ2) is 6.97. The van der Waals surface area contributed by atoms with Crippen molar-refractivity contribution in [1.29, 1.82) is 0 Å². The molecule has 0 aliphatic carbocycles. The molecule has 18 heavy (non-hydrogen) atoms. The van der Waals surface area contributed by atoms with Crippen LogP contribution in [0.4, 0.5) is 5.69 Å². The number of halogens is 1. The number of ether oxygens (including phenoxy) is 1. The highest BCUT2D eigenvalue weighted by molar-refractivity contribution is 9.10. The van der Waals surface area contributed by atoms with Crippen molar-refractivity contribution in [2.24, 2.45) is 10.9 Å². The molecule has 0 bridgehead atoms. The van der Waals surface area contributed by atoms with Crippen LogP contribution in [-0.4, -0.2) is 30.2 Å². The second-order valence-corrected chi connectivity index (χ2v) is 4.28. The Morgan fingerprint density at radius 1 is 1.61 bits per heavy atom. The summed E-state index contributed by atoms with van der Waals surface area (Å²) in [5.74, 6) is -0.379. The van der Waals surface area contributed by atoms with E-state index in [-0.39, 0.29) is 18.3 Å². The molecule has 0 atom stereocenters. The molecule has 1 aromatic rings. The summed E-state index contributed by atoms with van der Waals surface area (Å²) < 4.78 is 5.76. The lowest BCUT2D eigenvalue weighted by molar-refractivity contribution is -0.120. The lowest BCUT2D eigenvalue weighted by Gasteiger charge is -2.10. The lowest BCUT2D eigenvalue weighted by atomic mass is 10.1. The second-order valence-electron chi connectivity index (χ2n) is 3.36. The van der Waals surface area contributed by atoms with Crippen molar-refractivity contribution in [3.8, 4) is 0 Å². The third kappa shape index (κ3) is 4.01. The number of nitrogens with one attached hydrogen (secondary N) is 1. The molecule has 98 valence electrons. The number of benzene rings is 1. The normalized spacial score (nSPS) is 11.3. The molecule has 1 aromatic carbocycles. The van der Waals surface area contributed by atoms with Gasteiger partial charge in [-0.05, 0) is 25.1 Å². The molecule has 0 heterocycles. The molecule has 0 fully saturated rings. The van der Waals surface area contributed by atoms with Crippen molar-refractivity contribution in [3.63, 3.8) is 0 Å². The SMILES string of the molecule is CCOCC(=O)Nc1cc(Br)ccc1/C(N)=N/O. The number of anilines is 1. The summed E-state index contributed by atoms with van der Waals surface area (Å²) in [5, 5.41) is 14.2. The fourth-order valence-electron chi connectivity index (χ4n) is 1.28. The Hall–Kier alpha value is -1.60. The number of carbonyl (C=O) groups is 1. The van der Waals surface area contributed by atoms with Gasteiger partial charge in [-0.25, -0.2) is 0 Å². The highest BCUT2D eigenvalue weighted by atomic mass is 79.9. The number of hydrogen-bond donors (Lipinski definition) is 3. The van der Waals surface area contributed by atoms with Crippen LogP contribution in [0.3, 0.4) is 0 Å². The molecule has 0 aliphatic rings. The molecule has 6 nitrogen and oxygen atoms in total. The molecule has 0 saturated heterocycles. The van der Waals surface area contributed by atoms with Crippen LogP contribution in [0.1, 0.15) is 12.5 Å². The van der Waals surface area contributed by atoms with Crippen LogP contribution in [0.25, 0.3) is 0 Å². The number of carbonyl (C=O) groups excluding carboxylic acids is 1. The van der Waals surface area contributed by atoms with Crippen LogP contribution in [0.5, 0.6) is 0 Å². The van der Waals surface area contributed by atoms with Crippen molar-refractivity contribution < 1.29 is 14.7 Å². The Balaban J connectivity index is 2.92. The molecule has 0 spiro atoms. The molecule has 0 aromatic heterocycles. The average molecular weight is 316 g/mol. The van der Waals surface area contributed by atoms with E-state index in [9.17, 15) is 4.79 Å². The Morgan fingerprint density at radius 3 is 2.94 bits per heavy atom. The quantitative estimate of drug-likeness (QED) is 0.332. The van der Waals surface area contributed by atoms with E-state index in [4.69, 9.17) is 15.7 Å². The summed E-state index contributed by atoms with van der Waals surface area (Å²) in [6.45, 7) is 2.21. The number of rotatable bonds is 5. The summed E-state index contributed by atoms with van der Waals surface area (Å²) in [7, 11) is 0. The Labute approximate surface area is 113 Å². The minimum Gasteiger partial charge on any atom is -0.409 e. The first kappa shape index (κ1) is 14.5. The molecule has 0 unspecified atom stereocenters. The van der Waals surface area contributed by atoms with E-state index in [0.29, 0.717) is 17.9 Å². The molecule has 1 rings (SSSR count). The third-order valence-electron chi connectivity index (χ3n) is 2.08. The topological polar surface area (TPSA) is 96.9 Å². The molecule has 0 radical (unpaired) electrons. The minimum absolute atomic E-state index is 0.0430. The summed E-state index contributed by atoms with van der Waals surface area (Å²) in [6, 6.07) is 5.03. The Kier molecular flexibility index (Phi) is 5.60. The lowest BCUT2D eigenvalue weighted by Crippen LogP contribution is -2.22. The smallest absolute Gasteiger partial charge is 0.250 e. The van der Waals surface area contributed by atoms with E-state index >= 15 is 0 Å². The zero-order chi connectivity index (χ0) is 13.5. The summed E-state index contributed by atoms with van der Waals surface area (Å²) in [6.07, 6.45) is 0. The van der Waals surface area contributed by atoms with Crippen LogP contribution in [0.15, 0.2) is 27.8 Å². The van der Waals surface area contributed by atoms with Gasteiger partial charge in [-0.15, -0.1) is 0 Å². The van der Waals surface area contributed by atoms with Gasteiger partial charge in [0.2, 0.25) is 5.91 Å². The maximum Gasteiger partial charge on any atom is 0.250 e. The molecule has 4 N–H and O–H groups in total. The molecule has 0 aliphatic heterocycles. The van der Waals surface area contributed by atoms with E-state index in [1.807, 2.05) is 0 Å². The van der Waals surface area contributed by atoms with Gasteiger partial charge in [-0.2, -0.15) is 0 Å². The van der Waals surface area contributed by atoms with Gasteiger partial charge >= 0.3 is 0 Å². The van der Waals surface area contributed by atoms with Gasteiger partial charge in [0.05, 0.1) is 5.69 Å². The van der Waals surface area contributed by atoms with E-state index < -0.39 is 0 Å². The number of nitrogens with two attached hydrogens (primary N) is 1. The van der Waals surface area contributed by atoms with Crippen molar-refractivity contribution in [1.82, 2.24) is 0 Å². The van der Waals surface area contributed by atoms with Crippen molar-refractivity contribution in [3.05, 3.63) is 28.2 Å². The van der Waals surface area contributed by atoms with Crippen molar-refractivity contribution in [2.75, 3.05) is 18.5 Å². The number of amidine groups is 1. The largest absolute Gasteiger partial charge is 0.409 e. The van der Waals surface area contributed by atoms with E-state index in [0.717, 1.165) is 4.47 Å². The minimum atomic E-state index is -0.304. The molecule has 1 amide bonds. The Morgan fingerprint density at radius 2 is 2.33 bits per heavy atom. The van der Waals surface area contributed by atoms with Gasteiger partial charge in [0.15, 0.2) is 5.84 Å². The highest BCUT2D eigenvalue weighted by Crippen LogP contribution is 2.21. The molecular weight excluding hydrogens is 302 g/mol. The van der Waals surface area contributed by atoms with Crippen molar-refractivity contribution >= 4 is 33.4 Å². The molecular formula is C11H14BrN3O3. The summed E-state index contributed by atoms with van der Waals surface area (Å²) in [5.41, 5.74) is 6.41. The van der Waals surface area contributed by atoms with Gasteiger partial charge in [0, 0.05) is 16.6 Å². The van der Waals surface area contributed by atoms with Crippen LogP contribution in [-0.2, 0) is 9.53 Å². The zero-order valence-corrected chi connectivity index (χ0v) is 11.4. The number of hydrogen-bond acceptors (Lipinski definition) is 4. The average Bonchev–Trinajstić information content (AvgIpc) is 2.35. The molecule has 7 heteroatoms. The predicted octanol–water partition coefficient (Wildman–Crippen LogP) is 1.52. The van der Waals surface area contributed by atoms with Crippen LogP contribution in [0.2, 0.25) is 0 Å². The van der Waals surface area contributed by atoms with Crippen LogP contribution >= 0.6 is 15.9 Å². The predicted molar refractivity (Wildman–Crippen MR) is 71.8 cm³/mol. The highest BCUT2D eigenvalue weighted by Gasteiger charge is 2.10. The third-order valence-corrected chi connectivity index (χ3v) is 2.57. The Bertz CT molecular complexity index is 463. The van der Waals surface area contributed by atoms with Gasteiger partial charge in [0.25, 0.3) is 0 Å². The number of nitrogens with zero attached hydrogens (tertiary/aromatic N) is 1. The van der Waals surface area contributed by atoms with E-state index in [1.54, 1.807) is 25.1 Å². The number of oxime groups is 1.